The minimum absolute atomic E-state index is 0.145. The molecule has 0 unspecified atom stereocenters. The van der Waals surface area contributed by atoms with Gasteiger partial charge in [-0.15, -0.1) is 13.2 Å². The summed E-state index contributed by atoms with van der Waals surface area (Å²) < 4.78 is 56.9. The molecular formula is C8H6F4INO2. The van der Waals surface area contributed by atoms with Crippen molar-refractivity contribution in [3.63, 3.8) is 0 Å². The van der Waals surface area contributed by atoms with Gasteiger partial charge in [0, 0.05) is 11.8 Å². The average molecular weight is 351 g/mol. The Kier molecular flexibility index (Phi) is 4.16. The summed E-state index contributed by atoms with van der Waals surface area (Å²) in [7, 11) is 1.16. The highest BCUT2D eigenvalue weighted by Crippen LogP contribution is 2.35. The van der Waals surface area contributed by atoms with E-state index in [1.54, 1.807) is 22.6 Å². The van der Waals surface area contributed by atoms with Gasteiger partial charge in [-0.25, -0.2) is 9.37 Å². The van der Waals surface area contributed by atoms with E-state index in [0.29, 0.717) is 0 Å². The molecule has 0 fully saturated rings. The third kappa shape index (κ3) is 3.09. The van der Waals surface area contributed by atoms with Crippen LogP contribution in [0.15, 0.2) is 6.20 Å². The molecule has 0 N–H and O–H groups in total. The first-order valence-corrected chi connectivity index (χ1v) is 5.00. The van der Waals surface area contributed by atoms with E-state index in [1.165, 1.54) is 0 Å². The van der Waals surface area contributed by atoms with Crippen LogP contribution in [0, 0.1) is 3.57 Å². The number of halogens is 5. The highest BCUT2D eigenvalue weighted by molar-refractivity contribution is 14.1. The van der Waals surface area contributed by atoms with Gasteiger partial charge in [-0.2, -0.15) is 0 Å². The normalized spacial score (nSPS) is 11.4. The topological polar surface area (TPSA) is 31.4 Å². The van der Waals surface area contributed by atoms with Crippen molar-refractivity contribution in [3.8, 4) is 11.6 Å². The minimum Gasteiger partial charge on any atom is -0.490 e. The molecule has 0 radical (unpaired) electrons. The van der Waals surface area contributed by atoms with E-state index in [9.17, 15) is 17.6 Å². The zero-order valence-corrected chi connectivity index (χ0v) is 10.1. The number of aromatic nitrogens is 1. The standard InChI is InChI=1S/C8H6F4INO2/c1-15-6-5(13)4(2-9)3-14-7(6)16-8(10,11)12/h3H,2H2,1H3. The van der Waals surface area contributed by atoms with Gasteiger partial charge in [0.2, 0.25) is 0 Å². The molecule has 0 saturated heterocycles. The van der Waals surface area contributed by atoms with E-state index >= 15 is 0 Å². The summed E-state index contributed by atoms with van der Waals surface area (Å²) in [5.74, 6) is -0.954. The molecule has 0 aliphatic rings. The number of pyridine rings is 1. The zero-order chi connectivity index (χ0) is 12.3. The molecule has 0 amide bonds. The summed E-state index contributed by atoms with van der Waals surface area (Å²) in [6.07, 6.45) is -3.88. The predicted molar refractivity (Wildman–Crippen MR) is 55.0 cm³/mol. The zero-order valence-electron chi connectivity index (χ0n) is 7.94. The molecule has 0 aliphatic heterocycles. The van der Waals surface area contributed by atoms with E-state index in [2.05, 4.69) is 9.72 Å². The minimum atomic E-state index is -4.86. The average Bonchev–Trinajstić information content (AvgIpc) is 2.16. The van der Waals surface area contributed by atoms with Gasteiger partial charge in [0.1, 0.15) is 6.67 Å². The van der Waals surface area contributed by atoms with Crippen LogP contribution in [0.3, 0.4) is 0 Å². The lowest BCUT2D eigenvalue weighted by atomic mass is 10.3. The lowest BCUT2D eigenvalue weighted by Crippen LogP contribution is -2.19. The number of hydrogen-bond donors (Lipinski definition) is 0. The Morgan fingerprint density at radius 1 is 1.44 bits per heavy atom. The van der Waals surface area contributed by atoms with Crippen molar-refractivity contribution in [1.29, 1.82) is 0 Å². The Morgan fingerprint density at radius 3 is 2.50 bits per heavy atom. The van der Waals surface area contributed by atoms with E-state index in [-0.39, 0.29) is 14.9 Å². The van der Waals surface area contributed by atoms with E-state index in [1.807, 2.05) is 0 Å². The maximum Gasteiger partial charge on any atom is 0.574 e. The summed E-state index contributed by atoms with van der Waals surface area (Å²) in [6.45, 7) is -0.839. The van der Waals surface area contributed by atoms with Gasteiger partial charge >= 0.3 is 6.36 Å². The summed E-state index contributed by atoms with van der Waals surface area (Å²) in [5, 5.41) is 0. The van der Waals surface area contributed by atoms with Crippen LogP contribution in [-0.2, 0) is 6.67 Å². The summed E-state index contributed by atoms with van der Waals surface area (Å²) in [5.41, 5.74) is 0.145. The Bertz CT molecular complexity index is 383. The molecule has 0 saturated carbocycles. The fraction of sp³-hybridized carbons (Fsp3) is 0.375. The van der Waals surface area contributed by atoms with Crippen molar-refractivity contribution < 1.29 is 27.0 Å². The van der Waals surface area contributed by atoms with Gasteiger partial charge in [0.05, 0.1) is 10.7 Å². The molecule has 0 atom stereocenters. The number of hydrogen-bond acceptors (Lipinski definition) is 3. The molecule has 1 rings (SSSR count). The van der Waals surface area contributed by atoms with Crippen LogP contribution in [0.5, 0.6) is 11.6 Å². The Balaban J connectivity index is 3.16. The Morgan fingerprint density at radius 2 is 2.06 bits per heavy atom. The van der Waals surface area contributed by atoms with Crippen LogP contribution < -0.4 is 9.47 Å². The third-order valence-corrected chi connectivity index (χ3v) is 2.76. The van der Waals surface area contributed by atoms with Crippen molar-refractivity contribution in [2.45, 2.75) is 13.0 Å². The highest BCUT2D eigenvalue weighted by Gasteiger charge is 2.34. The van der Waals surface area contributed by atoms with Crippen LogP contribution in [-0.4, -0.2) is 18.5 Å². The van der Waals surface area contributed by atoms with Crippen LogP contribution >= 0.6 is 22.6 Å². The first-order chi connectivity index (χ1) is 7.39. The summed E-state index contributed by atoms with van der Waals surface area (Å²) >= 11 is 1.67. The molecule has 3 nitrogen and oxygen atoms in total. The molecule has 16 heavy (non-hydrogen) atoms. The molecule has 0 aliphatic carbocycles. The summed E-state index contributed by atoms with van der Waals surface area (Å²) in [4.78, 5) is 3.35. The van der Waals surface area contributed by atoms with Crippen LogP contribution in [0.1, 0.15) is 5.56 Å². The molecule has 0 spiro atoms. The lowest BCUT2D eigenvalue weighted by molar-refractivity contribution is -0.276. The molecule has 0 aromatic carbocycles. The molecule has 8 heteroatoms. The highest BCUT2D eigenvalue weighted by atomic mass is 127. The number of nitrogens with zero attached hydrogens (tertiary/aromatic N) is 1. The quantitative estimate of drug-likeness (QED) is 0.620. The molecular weight excluding hydrogens is 345 g/mol. The van der Waals surface area contributed by atoms with E-state index in [0.717, 1.165) is 13.3 Å². The van der Waals surface area contributed by atoms with Gasteiger partial charge in [-0.3, -0.25) is 0 Å². The van der Waals surface area contributed by atoms with Crippen molar-refractivity contribution in [3.05, 3.63) is 15.3 Å². The first-order valence-electron chi connectivity index (χ1n) is 3.92. The smallest absolute Gasteiger partial charge is 0.490 e. The van der Waals surface area contributed by atoms with Crippen molar-refractivity contribution in [2.75, 3.05) is 7.11 Å². The maximum atomic E-state index is 12.4. The fourth-order valence-corrected chi connectivity index (χ4v) is 1.68. The second-order valence-corrected chi connectivity index (χ2v) is 3.70. The first kappa shape index (κ1) is 13.3. The van der Waals surface area contributed by atoms with Crippen molar-refractivity contribution in [2.24, 2.45) is 0 Å². The lowest BCUT2D eigenvalue weighted by Gasteiger charge is -2.13. The van der Waals surface area contributed by atoms with Crippen LogP contribution in [0.4, 0.5) is 17.6 Å². The third-order valence-electron chi connectivity index (χ3n) is 1.57. The Hall–Kier alpha value is -0.800. The predicted octanol–water partition coefficient (Wildman–Crippen LogP) is 3.06. The molecule has 1 aromatic heterocycles. The van der Waals surface area contributed by atoms with Gasteiger partial charge in [-0.05, 0) is 22.6 Å². The summed E-state index contributed by atoms with van der Waals surface area (Å²) in [6, 6.07) is 0. The number of ether oxygens (including phenoxy) is 2. The van der Waals surface area contributed by atoms with Crippen LogP contribution in [0.25, 0.3) is 0 Å². The SMILES string of the molecule is COc1c(OC(F)(F)F)ncc(CF)c1I. The van der Waals surface area contributed by atoms with Gasteiger partial charge < -0.3 is 9.47 Å². The van der Waals surface area contributed by atoms with Crippen LogP contribution in [0.2, 0.25) is 0 Å². The van der Waals surface area contributed by atoms with Crippen molar-refractivity contribution in [1.82, 2.24) is 4.98 Å². The van der Waals surface area contributed by atoms with Gasteiger partial charge in [0.25, 0.3) is 5.88 Å². The molecule has 1 aromatic rings. The monoisotopic (exact) mass is 351 g/mol. The molecule has 1 heterocycles. The number of rotatable bonds is 3. The van der Waals surface area contributed by atoms with Gasteiger partial charge in [-0.1, -0.05) is 0 Å². The molecule has 0 bridgehead atoms. The largest absolute Gasteiger partial charge is 0.574 e. The van der Waals surface area contributed by atoms with Crippen molar-refractivity contribution >= 4 is 22.6 Å². The number of alkyl halides is 4. The fourth-order valence-electron chi connectivity index (χ4n) is 0.944. The van der Waals surface area contributed by atoms with E-state index < -0.39 is 18.9 Å². The maximum absolute atomic E-state index is 12.4. The van der Waals surface area contributed by atoms with Gasteiger partial charge in [0.15, 0.2) is 5.75 Å². The number of methoxy groups -OCH3 is 1. The van der Waals surface area contributed by atoms with E-state index in [4.69, 9.17) is 4.74 Å². The Labute approximate surface area is 102 Å². The second-order valence-electron chi connectivity index (χ2n) is 2.62. The molecule has 90 valence electrons. The second kappa shape index (κ2) is 5.02.